The second-order valence-electron chi connectivity index (χ2n) is 8.12. The lowest BCUT2D eigenvalue weighted by Gasteiger charge is -2.28. The zero-order valence-electron chi connectivity index (χ0n) is 15.3. The number of para-hydroxylation sites is 1. The highest BCUT2D eigenvalue weighted by atomic mass is 16.5. The number of rotatable bonds is 2. The summed E-state index contributed by atoms with van der Waals surface area (Å²) in [5.74, 6) is 1.11. The Hall–Kier alpha value is -1.96. The van der Waals surface area contributed by atoms with E-state index in [0.29, 0.717) is 5.75 Å². The largest absolute Gasteiger partial charge is 0.507 e. The van der Waals surface area contributed by atoms with Crippen LogP contribution in [0.1, 0.15) is 52.7 Å². The third-order valence-corrected chi connectivity index (χ3v) is 4.18. The lowest BCUT2D eigenvalue weighted by Crippen LogP contribution is -2.17. The standard InChI is InChI=1S/C21H28O2/c1-20(2,3)14-12-16(15-10-8-9-11-18(15)23-7)19(22)17(13-14)21(4,5)6/h8-13,22H,1-7H3. The molecule has 0 unspecified atom stereocenters. The van der Waals surface area contributed by atoms with Gasteiger partial charge in [0, 0.05) is 16.7 Å². The van der Waals surface area contributed by atoms with Crippen molar-refractivity contribution in [3.8, 4) is 22.6 Å². The summed E-state index contributed by atoms with van der Waals surface area (Å²) in [7, 11) is 1.66. The fraction of sp³-hybridized carbons (Fsp3) is 0.429. The maximum atomic E-state index is 10.9. The summed E-state index contributed by atoms with van der Waals surface area (Å²) in [5, 5.41) is 10.9. The molecular weight excluding hydrogens is 284 g/mol. The molecule has 23 heavy (non-hydrogen) atoms. The lowest BCUT2D eigenvalue weighted by molar-refractivity contribution is 0.415. The van der Waals surface area contributed by atoms with Crippen LogP contribution in [-0.2, 0) is 10.8 Å². The van der Waals surface area contributed by atoms with Crippen LogP contribution in [-0.4, -0.2) is 12.2 Å². The molecule has 0 heterocycles. The molecule has 0 aliphatic carbocycles. The third kappa shape index (κ3) is 3.52. The third-order valence-electron chi connectivity index (χ3n) is 4.18. The molecule has 2 heteroatoms. The number of phenolic OH excluding ortho intramolecular Hbond substituents is 1. The number of hydrogen-bond acceptors (Lipinski definition) is 2. The molecular formula is C21H28O2. The van der Waals surface area contributed by atoms with E-state index in [1.54, 1.807) is 7.11 Å². The Bertz CT molecular complexity index is 701. The Morgan fingerprint density at radius 1 is 0.826 bits per heavy atom. The van der Waals surface area contributed by atoms with Crippen LogP contribution in [0.15, 0.2) is 36.4 Å². The first-order valence-corrected chi connectivity index (χ1v) is 8.07. The van der Waals surface area contributed by atoms with Crippen LogP contribution >= 0.6 is 0 Å². The first-order chi connectivity index (χ1) is 10.6. The summed E-state index contributed by atoms with van der Waals surface area (Å²) >= 11 is 0. The highest BCUT2D eigenvalue weighted by Crippen LogP contribution is 2.44. The van der Waals surface area contributed by atoms with Gasteiger partial charge in [-0.05, 0) is 28.5 Å². The highest BCUT2D eigenvalue weighted by molar-refractivity contribution is 5.78. The van der Waals surface area contributed by atoms with Crippen LogP contribution in [0.3, 0.4) is 0 Å². The van der Waals surface area contributed by atoms with E-state index >= 15 is 0 Å². The van der Waals surface area contributed by atoms with E-state index in [-0.39, 0.29) is 10.8 Å². The van der Waals surface area contributed by atoms with Crippen molar-refractivity contribution >= 4 is 0 Å². The van der Waals surface area contributed by atoms with E-state index in [4.69, 9.17) is 4.74 Å². The number of ether oxygens (including phenoxy) is 1. The summed E-state index contributed by atoms with van der Waals surface area (Å²) in [4.78, 5) is 0. The van der Waals surface area contributed by atoms with Gasteiger partial charge in [-0.25, -0.2) is 0 Å². The molecule has 0 radical (unpaired) electrons. The predicted molar refractivity (Wildman–Crippen MR) is 97.5 cm³/mol. The monoisotopic (exact) mass is 312 g/mol. The zero-order chi connectivity index (χ0) is 17.4. The second kappa shape index (κ2) is 5.92. The minimum Gasteiger partial charge on any atom is -0.507 e. The van der Waals surface area contributed by atoms with Crippen molar-refractivity contribution in [2.24, 2.45) is 0 Å². The van der Waals surface area contributed by atoms with Crippen molar-refractivity contribution in [2.75, 3.05) is 7.11 Å². The van der Waals surface area contributed by atoms with Crippen molar-refractivity contribution < 1.29 is 9.84 Å². The molecule has 1 N–H and O–H groups in total. The number of benzene rings is 2. The fourth-order valence-corrected chi connectivity index (χ4v) is 2.71. The normalized spacial score (nSPS) is 12.3. The molecule has 0 saturated carbocycles. The molecule has 0 fully saturated rings. The molecule has 0 atom stereocenters. The molecule has 0 amide bonds. The van der Waals surface area contributed by atoms with Crippen molar-refractivity contribution in [2.45, 2.75) is 52.4 Å². The van der Waals surface area contributed by atoms with Crippen LogP contribution < -0.4 is 4.74 Å². The van der Waals surface area contributed by atoms with Crippen molar-refractivity contribution in [1.82, 2.24) is 0 Å². The summed E-state index contributed by atoms with van der Waals surface area (Å²) in [6.45, 7) is 13.0. The lowest BCUT2D eigenvalue weighted by atomic mass is 9.78. The molecule has 2 rings (SSSR count). The topological polar surface area (TPSA) is 29.5 Å². The van der Waals surface area contributed by atoms with E-state index in [1.807, 2.05) is 24.3 Å². The Labute approximate surface area is 140 Å². The summed E-state index contributed by atoms with van der Waals surface area (Å²) in [6.07, 6.45) is 0. The minimum absolute atomic E-state index is 0.00443. The van der Waals surface area contributed by atoms with E-state index < -0.39 is 0 Å². The molecule has 124 valence electrons. The minimum atomic E-state index is -0.137. The van der Waals surface area contributed by atoms with Crippen LogP contribution in [0.25, 0.3) is 11.1 Å². The van der Waals surface area contributed by atoms with Crippen molar-refractivity contribution in [3.63, 3.8) is 0 Å². The maximum absolute atomic E-state index is 10.9. The average Bonchev–Trinajstić information content (AvgIpc) is 2.45. The van der Waals surface area contributed by atoms with Crippen LogP contribution in [0, 0.1) is 0 Å². The SMILES string of the molecule is COc1ccccc1-c1cc(C(C)(C)C)cc(C(C)(C)C)c1O. The predicted octanol–water partition coefficient (Wildman–Crippen LogP) is 5.66. The fourth-order valence-electron chi connectivity index (χ4n) is 2.71. The maximum Gasteiger partial charge on any atom is 0.127 e. The van der Waals surface area contributed by atoms with Gasteiger partial charge in [-0.3, -0.25) is 0 Å². The van der Waals surface area contributed by atoms with E-state index in [0.717, 1.165) is 22.4 Å². The number of phenols is 1. The van der Waals surface area contributed by atoms with Gasteiger partial charge in [0.2, 0.25) is 0 Å². The van der Waals surface area contributed by atoms with Gasteiger partial charge in [0.05, 0.1) is 7.11 Å². The highest BCUT2D eigenvalue weighted by Gasteiger charge is 2.26. The molecule has 0 spiro atoms. The molecule has 0 bridgehead atoms. The quantitative estimate of drug-likeness (QED) is 0.775. The van der Waals surface area contributed by atoms with Crippen LogP contribution in [0.2, 0.25) is 0 Å². The molecule has 0 aliphatic heterocycles. The zero-order valence-corrected chi connectivity index (χ0v) is 15.3. The van der Waals surface area contributed by atoms with E-state index in [2.05, 4.69) is 53.7 Å². The van der Waals surface area contributed by atoms with Gasteiger partial charge >= 0.3 is 0 Å². The Kier molecular flexibility index (Phi) is 4.48. The van der Waals surface area contributed by atoms with Crippen molar-refractivity contribution in [1.29, 1.82) is 0 Å². The molecule has 2 aromatic carbocycles. The molecule has 0 aliphatic rings. The molecule has 0 saturated heterocycles. The number of hydrogen-bond donors (Lipinski definition) is 1. The number of aromatic hydroxyl groups is 1. The average molecular weight is 312 g/mol. The van der Waals surface area contributed by atoms with Crippen LogP contribution in [0.5, 0.6) is 11.5 Å². The summed E-state index contributed by atoms with van der Waals surface area (Å²) < 4.78 is 5.49. The first-order valence-electron chi connectivity index (χ1n) is 8.07. The van der Waals surface area contributed by atoms with E-state index in [9.17, 15) is 5.11 Å². The summed E-state index contributed by atoms with van der Waals surface area (Å²) in [6, 6.07) is 12.0. The van der Waals surface area contributed by atoms with Gasteiger partial charge in [0.25, 0.3) is 0 Å². The van der Waals surface area contributed by atoms with Gasteiger partial charge < -0.3 is 9.84 Å². The van der Waals surface area contributed by atoms with Gasteiger partial charge in [-0.15, -0.1) is 0 Å². The first kappa shape index (κ1) is 17.4. The van der Waals surface area contributed by atoms with Gasteiger partial charge in [-0.2, -0.15) is 0 Å². The Morgan fingerprint density at radius 2 is 1.43 bits per heavy atom. The molecule has 2 aromatic rings. The number of methoxy groups -OCH3 is 1. The summed E-state index contributed by atoms with van der Waals surface area (Å²) in [5.41, 5.74) is 3.79. The smallest absolute Gasteiger partial charge is 0.127 e. The molecule has 2 nitrogen and oxygen atoms in total. The van der Waals surface area contributed by atoms with Gasteiger partial charge in [0.15, 0.2) is 0 Å². The Morgan fingerprint density at radius 3 is 1.96 bits per heavy atom. The second-order valence-corrected chi connectivity index (χ2v) is 8.12. The van der Waals surface area contributed by atoms with Gasteiger partial charge in [0.1, 0.15) is 11.5 Å². The van der Waals surface area contributed by atoms with Crippen molar-refractivity contribution in [3.05, 3.63) is 47.5 Å². The Balaban J connectivity index is 2.82. The van der Waals surface area contributed by atoms with E-state index in [1.165, 1.54) is 5.56 Å². The van der Waals surface area contributed by atoms with Crippen LogP contribution in [0.4, 0.5) is 0 Å². The van der Waals surface area contributed by atoms with Gasteiger partial charge in [-0.1, -0.05) is 65.8 Å². The molecule has 0 aromatic heterocycles.